The Morgan fingerprint density at radius 1 is 1.10 bits per heavy atom. The summed E-state index contributed by atoms with van der Waals surface area (Å²) < 4.78 is 1.92. The molecule has 0 aliphatic carbocycles. The van der Waals surface area contributed by atoms with E-state index >= 15 is 0 Å². The molecule has 0 aliphatic heterocycles. The van der Waals surface area contributed by atoms with Crippen LogP contribution in [0.1, 0.15) is 17.3 Å². The van der Waals surface area contributed by atoms with Crippen LogP contribution < -0.4 is 5.32 Å². The second-order valence-electron chi connectivity index (χ2n) is 4.66. The molecule has 3 aromatic rings. The summed E-state index contributed by atoms with van der Waals surface area (Å²) in [5, 5.41) is 4.49. The van der Waals surface area contributed by atoms with E-state index < -0.39 is 0 Å². The van der Waals surface area contributed by atoms with Gasteiger partial charge in [0.15, 0.2) is 0 Å². The van der Waals surface area contributed by atoms with Gasteiger partial charge in [0.1, 0.15) is 0 Å². The molecule has 0 radical (unpaired) electrons. The normalized spacial score (nSPS) is 12.5. The molecule has 0 fully saturated rings. The molecule has 0 spiro atoms. The zero-order valence-corrected chi connectivity index (χ0v) is 14.5. The molecule has 0 amide bonds. The molecule has 5 heteroatoms. The Morgan fingerprint density at radius 2 is 1.95 bits per heavy atom. The molecule has 1 atom stereocenters. The molecule has 0 bridgehead atoms. The van der Waals surface area contributed by atoms with E-state index in [2.05, 4.69) is 59.3 Å². The fraction of sp³-hybridized carbons (Fsp3) is 0.125. The van der Waals surface area contributed by atoms with Crippen LogP contribution >= 0.6 is 31.9 Å². The van der Waals surface area contributed by atoms with Crippen molar-refractivity contribution < 1.29 is 0 Å². The van der Waals surface area contributed by atoms with Crippen molar-refractivity contribution in [1.29, 1.82) is 0 Å². The zero-order valence-electron chi connectivity index (χ0n) is 11.3. The minimum atomic E-state index is 0.000347. The lowest BCUT2D eigenvalue weighted by molar-refractivity contribution is 0.671. The molecule has 0 saturated carbocycles. The Morgan fingerprint density at radius 3 is 2.71 bits per heavy atom. The number of pyridine rings is 2. The first-order valence-corrected chi connectivity index (χ1v) is 8.11. The lowest BCUT2D eigenvalue weighted by Gasteiger charge is -2.19. The quantitative estimate of drug-likeness (QED) is 0.697. The number of hydrogen-bond donors (Lipinski definition) is 1. The van der Waals surface area contributed by atoms with Crippen LogP contribution in [-0.4, -0.2) is 17.0 Å². The molecule has 21 heavy (non-hydrogen) atoms. The number of rotatable bonds is 3. The van der Waals surface area contributed by atoms with E-state index in [-0.39, 0.29) is 6.04 Å². The number of fused-ring (bicyclic) bond motifs is 1. The predicted octanol–water partition coefficient (Wildman–Crippen LogP) is 4.46. The standard InChI is InChI=1S/C16H13Br2N3/c1-19-15(16-13(18)8-10(17)9-21-16)12-4-2-6-14-11(12)5-3-7-20-14/h2-9,15,19H,1H3. The summed E-state index contributed by atoms with van der Waals surface area (Å²) >= 11 is 7.04. The van der Waals surface area contributed by atoms with Gasteiger partial charge in [-0.2, -0.15) is 0 Å². The third-order valence-corrected chi connectivity index (χ3v) is 4.46. The summed E-state index contributed by atoms with van der Waals surface area (Å²) in [5.41, 5.74) is 3.11. The highest BCUT2D eigenvalue weighted by Crippen LogP contribution is 2.31. The van der Waals surface area contributed by atoms with E-state index in [0.29, 0.717) is 0 Å². The van der Waals surface area contributed by atoms with Crippen molar-refractivity contribution in [2.75, 3.05) is 7.05 Å². The largest absolute Gasteiger partial charge is 0.308 e. The Balaban J connectivity index is 2.18. The van der Waals surface area contributed by atoms with Crippen molar-refractivity contribution in [3.63, 3.8) is 0 Å². The molecular weight excluding hydrogens is 394 g/mol. The SMILES string of the molecule is CNC(c1ncc(Br)cc1Br)c1cccc2ncccc12. The minimum absolute atomic E-state index is 0.000347. The molecule has 2 aromatic heterocycles. The number of halogens is 2. The lowest BCUT2D eigenvalue weighted by atomic mass is 9.98. The summed E-state index contributed by atoms with van der Waals surface area (Å²) in [5.74, 6) is 0. The van der Waals surface area contributed by atoms with Crippen molar-refractivity contribution in [3.05, 3.63) is 69.0 Å². The number of benzene rings is 1. The first-order chi connectivity index (χ1) is 10.2. The lowest BCUT2D eigenvalue weighted by Crippen LogP contribution is -2.19. The van der Waals surface area contributed by atoms with Crippen molar-refractivity contribution in [1.82, 2.24) is 15.3 Å². The van der Waals surface area contributed by atoms with Gasteiger partial charge < -0.3 is 5.32 Å². The smallest absolute Gasteiger partial charge is 0.0767 e. The molecule has 2 heterocycles. The van der Waals surface area contributed by atoms with Gasteiger partial charge in [0.25, 0.3) is 0 Å². The Hall–Kier alpha value is -1.30. The van der Waals surface area contributed by atoms with Crippen molar-refractivity contribution >= 4 is 42.8 Å². The molecule has 3 nitrogen and oxygen atoms in total. The monoisotopic (exact) mass is 405 g/mol. The molecule has 1 aromatic carbocycles. The first kappa shape index (κ1) is 14.6. The van der Waals surface area contributed by atoms with Crippen molar-refractivity contribution in [2.45, 2.75) is 6.04 Å². The van der Waals surface area contributed by atoms with Gasteiger partial charge in [-0.3, -0.25) is 9.97 Å². The maximum Gasteiger partial charge on any atom is 0.0767 e. The topological polar surface area (TPSA) is 37.8 Å². The van der Waals surface area contributed by atoms with Crippen LogP contribution in [0.3, 0.4) is 0 Å². The van der Waals surface area contributed by atoms with Gasteiger partial charge in [-0.05, 0) is 62.7 Å². The van der Waals surface area contributed by atoms with Gasteiger partial charge in [0.2, 0.25) is 0 Å². The molecule has 0 saturated heterocycles. The minimum Gasteiger partial charge on any atom is -0.308 e. The average Bonchev–Trinajstić information content (AvgIpc) is 2.50. The van der Waals surface area contributed by atoms with Crippen LogP contribution in [0.5, 0.6) is 0 Å². The van der Waals surface area contributed by atoms with E-state index in [1.807, 2.05) is 43.7 Å². The molecule has 1 unspecified atom stereocenters. The van der Waals surface area contributed by atoms with Gasteiger partial charge >= 0.3 is 0 Å². The Bertz CT molecular complexity index is 784. The second-order valence-corrected chi connectivity index (χ2v) is 6.43. The van der Waals surface area contributed by atoms with E-state index in [1.165, 1.54) is 5.56 Å². The third kappa shape index (κ3) is 2.86. The van der Waals surface area contributed by atoms with E-state index in [4.69, 9.17) is 0 Å². The second kappa shape index (κ2) is 6.22. The summed E-state index contributed by atoms with van der Waals surface area (Å²) in [6.07, 6.45) is 3.63. The number of aromatic nitrogens is 2. The van der Waals surface area contributed by atoms with Crippen LogP contribution in [0.15, 0.2) is 57.7 Å². The first-order valence-electron chi connectivity index (χ1n) is 6.52. The summed E-state index contributed by atoms with van der Waals surface area (Å²) in [6.45, 7) is 0. The van der Waals surface area contributed by atoms with Crippen LogP contribution in [-0.2, 0) is 0 Å². The van der Waals surface area contributed by atoms with Crippen molar-refractivity contribution in [2.24, 2.45) is 0 Å². The fourth-order valence-electron chi connectivity index (χ4n) is 2.46. The van der Waals surface area contributed by atoms with Crippen LogP contribution in [0.25, 0.3) is 10.9 Å². The summed E-state index contributed by atoms with van der Waals surface area (Å²) in [6, 6.07) is 12.2. The fourth-order valence-corrected chi connectivity index (χ4v) is 3.67. The molecular formula is C16H13Br2N3. The maximum atomic E-state index is 4.56. The van der Waals surface area contributed by atoms with Crippen molar-refractivity contribution in [3.8, 4) is 0 Å². The number of nitrogens with zero attached hydrogens (tertiary/aromatic N) is 2. The van der Waals surface area contributed by atoms with Gasteiger partial charge in [-0.15, -0.1) is 0 Å². The predicted molar refractivity (Wildman–Crippen MR) is 92.3 cm³/mol. The van der Waals surface area contributed by atoms with Gasteiger partial charge in [-0.25, -0.2) is 0 Å². The molecule has 1 N–H and O–H groups in total. The van der Waals surface area contributed by atoms with E-state index in [0.717, 1.165) is 25.5 Å². The number of nitrogens with one attached hydrogen (secondary N) is 1. The Kier molecular flexibility index (Phi) is 4.33. The maximum absolute atomic E-state index is 4.56. The summed E-state index contributed by atoms with van der Waals surface area (Å²) in [4.78, 5) is 8.98. The highest BCUT2D eigenvalue weighted by atomic mass is 79.9. The Labute approximate surface area is 140 Å². The zero-order chi connectivity index (χ0) is 14.8. The van der Waals surface area contributed by atoms with Gasteiger partial charge in [0.05, 0.1) is 17.3 Å². The third-order valence-electron chi connectivity index (χ3n) is 3.39. The summed E-state index contributed by atoms with van der Waals surface area (Å²) in [7, 11) is 1.94. The van der Waals surface area contributed by atoms with Crippen LogP contribution in [0.2, 0.25) is 0 Å². The average molecular weight is 407 g/mol. The van der Waals surface area contributed by atoms with Crippen LogP contribution in [0.4, 0.5) is 0 Å². The van der Waals surface area contributed by atoms with Crippen LogP contribution in [0, 0.1) is 0 Å². The highest BCUT2D eigenvalue weighted by molar-refractivity contribution is 9.11. The van der Waals surface area contributed by atoms with E-state index in [1.54, 1.807) is 0 Å². The van der Waals surface area contributed by atoms with E-state index in [9.17, 15) is 0 Å². The molecule has 0 aliphatic rings. The molecule has 3 rings (SSSR count). The molecule has 106 valence electrons. The van der Waals surface area contributed by atoms with Gasteiger partial charge in [0, 0.05) is 26.7 Å². The highest BCUT2D eigenvalue weighted by Gasteiger charge is 2.19. The van der Waals surface area contributed by atoms with Gasteiger partial charge in [-0.1, -0.05) is 18.2 Å². The number of hydrogen-bond acceptors (Lipinski definition) is 3.